The zero-order valence-corrected chi connectivity index (χ0v) is 25.7. The molecule has 9 rings (SSSR count). The predicted molar refractivity (Wildman–Crippen MR) is 192 cm³/mol. The molecule has 0 spiro atoms. The summed E-state index contributed by atoms with van der Waals surface area (Å²) in [5.41, 5.74) is 8.42. The van der Waals surface area contributed by atoms with Crippen LogP contribution in [0.1, 0.15) is 29.0 Å². The molecule has 48 heavy (non-hydrogen) atoms. The van der Waals surface area contributed by atoms with E-state index in [9.17, 15) is 10.5 Å². The van der Waals surface area contributed by atoms with Crippen molar-refractivity contribution in [3.63, 3.8) is 0 Å². The molecule has 6 heteroatoms. The fraction of sp³-hybridized carbons (Fsp3) is 0.0476. The van der Waals surface area contributed by atoms with E-state index in [1.165, 1.54) is 0 Å². The van der Waals surface area contributed by atoms with Gasteiger partial charge in [0.15, 0.2) is 0 Å². The average Bonchev–Trinajstić information content (AvgIpc) is 3.67. The van der Waals surface area contributed by atoms with E-state index in [2.05, 4.69) is 106 Å². The molecular formula is C42H26N6. The van der Waals surface area contributed by atoms with Crippen molar-refractivity contribution in [2.75, 3.05) is 0 Å². The second-order valence-electron chi connectivity index (χ2n) is 12.1. The number of benzene rings is 5. The van der Waals surface area contributed by atoms with Crippen molar-refractivity contribution in [2.24, 2.45) is 4.99 Å². The van der Waals surface area contributed by atoms with Crippen molar-refractivity contribution in [3.05, 3.63) is 156 Å². The van der Waals surface area contributed by atoms with Crippen molar-refractivity contribution in [2.45, 2.75) is 12.3 Å². The second-order valence-corrected chi connectivity index (χ2v) is 12.1. The number of pyridine rings is 1. The Labute approximate surface area is 276 Å². The Balaban J connectivity index is 1.33. The molecule has 1 aliphatic heterocycles. The van der Waals surface area contributed by atoms with Gasteiger partial charge in [0.25, 0.3) is 0 Å². The molecule has 8 aromatic rings. The minimum Gasteiger partial charge on any atom is -0.297 e. The molecule has 3 aromatic heterocycles. The van der Waals surface area contributed by atoms with E-state index in [1.54, 1.807) is 0 Å². The minimum absolute atomic E-state index is 0.0519. The topological polar surface area (TPSA) is 82.7 Å². The third-order valence-electron chi connectivity index (χ3n) is 9.38. The van der Waals surface area contributed by atoms with Gasteiger partial charge in [0.05, 0.1) is 39.8 Å². The lowest BCUT2D eigenvalue weighted by Gasteiger charge is -2.25. The summed E-state index contributed by atoms with van der Waals surface area (Å²) in [6.45, 7) is 0. The summed E-state index contributed by atoms with van der Waals surface area (Å²) in [4.78, 5) is 10.3. The molecule has 0 saturated heterocycles. The van der Waals surface area contributed by atoms with E-state index in [1.807, 2.05) is 54.7 Å². The van der Waals surface area contributed by atoms with E-state index in [4.69, 9.17) is 9.98 Å². The zero-order valence-electron chi connectivity index (χ0n) is 25.7. The molecule has 1 unspecified atom stereocenters. The van der Waals surface area contributed by atoms with Crippen LogP contribution in [0.25, 0.3) is 60.7 Å². The first-order chi connectivity index (χ1) is 23.7. The number of allylic oxidation sites excluding steroid dienone is 1. The normalized spacial score (nSPS) is 14.6. The maximum Gasteiger partial charge on any atom is 0.146 e. The Hall–Kier alpha value is -6.76. The Bertz CT molecular complexity index is 2690. The fourth-order valence-corrected chi connectivity index (χ4v) is 7.30. The lowest BCUT2D eigenvalue weighted by atomic mass is 9.86. The summed E-state index contributed by atoms with van der Waals surface area (Å²) in [5, 5.41) is 23.7. The highest BCUT2D eigenvalue weighted by Crippen LogP contribution is 2.40. The first-order valence-electron chi connectivity index (χ1n) is 15.9. The summed E-state index contributed by atoms with van der Waals surface area (Å²) >= 11 is 0. The number of aliphatic imine (C=N–C) groups is 1. The van der Waals surface area contributed by atoms with Crippen LogP contribution in [-0.4, -0.2) is 20.0 Å². The molecule has 0 amide bonds. The number of rotatable bonds is 3. The summed E-state index contributed by atoms with van der Waals surface area (Å²) in [5.74, 6) is 1.64. The highest BCUT2D eigenvalue weighted by atomic mass is 15.2. The highest BCUT2D eigenvalue weighted by Gasteiger charge is 2.27. The number of aromatic nitrogens is 3. The molecule has 4 heterocycles. The Morgan fingerprint density at radius 3 is 2.12 bits per heavy atom. The SMILES string of the molecule is N#Cc1cccc(-c2ccccc2C2C=C(n3c4ccccc4c4cccnc43)N=C(n3c4ccccc4c4cc(C#N)ccc43)C2)c1. The number of fused-ring (bicyclic) bond motifs is 6. The summed E-state index contributed by atoms with van der Waals surface area (Å²) in [7, 11) is 0. The van der Waals surface area contributed by atoms with Crippen LogP contribution in [0.3, 0.4) is 0 Å². The molecule has 0 radical (unpaired) electrons. The number of nitrogens with zero attached hydrogens (tertiary/aromatic N) is 6. The van der Waals surface area contributed by atoms with Crippen LogP contribution in [0.2, 0.25) is 0 Å². The average molecular weight is 615 g/mol. The number of nitriles is 2. The third-order valence-corrected chi connectivity index (χ3v) is 9.38. The standard InChI is InChI=1S/C42H26N6/c43-25-27-9-7-10-29(21-27)31-11-1-2-12-32(31)30-23-40(47-37-16-5-4-14-34(37)36-22-28(26-44)18-19-39(36)47)46-41(24-30)48-38-17-6-3-13-33(38)35-15-8-20-45-42(35)48/h1-22,24,30H,23H2. The Kier molecular flexibility index (Phi) is 6.28. The van der Waals surface area contributed by atoms with Gasteiger partial charge < -0.3 is 0 Å². The van der Waals surface area contributed by atoms with Crippen molar-refractivity contribution >= 4 is 55.4 Å². The summed E-state index contributed by atoms with van der Waals surface area (Å²) in [6, 6.07) is 47.6. The smallest absolute Gasteiger partial charge is 0.146 e. The van der Waals surface area contributed by atoms with E-state index in [-0.39, 0.29) is 5.92 Å². The van der Waals surface area contributed by atoms with Gasteiger partial charge >= 0.3 is 0 Å². The second kappa shape index (κ2) is 10.9. The molecule has 0 fully saturated rings. The number of hydrogen-bond donors (Lipinski definition) is 0. The lowest BCUT2D eigenvalue weighted by molar-refractivity contribution is 0.846. The summed E-state index contributed by atoms with van der Waals surface area (Å²) in [6.07, 6.45) is 4.73. The van der Waals surface area contributed by atoms with Gasteiger partial charge in [0.1, 0.15) is 17.3 Å². The van der Waals surface area contributed by atoms with Crippen LogP contribution in [-0.2, 0) is 0 Å². The molecule has 0 N–H and O–H groups in total. The van der Waals surface area contributed by atoms with Crippen LogP contribution in [0.15, 0.2) is 145 Å². The predicted octanol–water partition coefficient (Wildman–Crippen LogP) is 9.64. The monoisotopic (exact) mass is 614 g/mol. The van der Waals surface area contributed by atoms with Gasteiger partial charge in [0, 0.05) is 40.1 Å². The van der Waals surface area contributed by atoms with E-state index >= 15 is 0 Å². The fourth-order valence-electron chi connectivity index (χ4n) is 7.30. The molecule has 5 aromatic carbocycles. The largest absolute Gasteiger partial charge is 0.297 e. The molecule has 224 valence electrons. The first-order valence-corrected chi connectivity index (χ1v) is 15.9. The molecule has 1 atom stereocenters. The van der Waals surface area contributed by atoms with Crippen molar-refractivity contribution in [3.8, 4) is 23.3 Å². The first kappa shape index (κ1) is 27.5. The molecule has 1 aliphatic rings. The van der Waals surface area contributed by atoms with Gasteiger partial charge in [-0.15, -0.1) is 0 Å². The molecule has 6 nitrogen and oxygen atoms in total. The third kappa shape index (κ3) is 4.25. The van der Waals surface area contributed by atoms with Gasteiger partial charge in [-0.3, -0.25) is 9.13 Å². The van der Waals surface area contributed by atoms with Crippen molar-refractivity contribution in [1.29, 1.82) is 10.5 Å². The van der Waals surface area contributed by atoms with Gasteiger partial charge in [0.2, 0.25) is 0 Å². The summed E-state index contributed by atoms with van der Waals surface area (Å²) < 4.78 is 4.43. The Morgan fingerprint density at radius 2 is 1.29 bits per heavy atom. The van der Waals surface area contributed by atoms with E-state index in [0.29, 0.717) is 17.5 Å². The lowest BCUT2D eigenvalue weighted by Crippen LogP contribution is -2.20. The number of hydrogen-bond acceptors (Lipinski definition) is 4. The molecule has 0 saturated carbocycles. The van der Waals surface area contributed by atoms with Crippen LogP contribution < -0.4 is 0 Å². The minimum atomic E-state index is -0.0519. The van der Waals surface area contributed by atoms with Crippen LogP contribution >= 0.6 is 0 Å². The van der Waals surface area contributed by atoms with Crippen LogP contribution in [0.5, 0.6) is 0 Å². The number of para-hydroxylation sites is 2. The van der Waals surface area contributed by atoms with E-state index in [0.717, 1.165) is 72.1 Å². The maximum absolute atomic E-state index is 9.74. The van der Waals surface area contributed by atoms with Crippen molar-refractivity contribution < 1.29 is 0 Å². The zero-order chi connectivity index (χ0) is 32.2. The van der Waals surface area contributed by atoms with Gasteiger partial charge in [-0.05, 0) is 77.4 Å². The van der Waals surface area contributed by atoms with Gasteiger partial charge in [-0.1, -0.05) is 72.8 Å². The molecule has 0 bridgehead atoms. The van der Waals surface area contributed by atoms with Crippen LogP contribution in [0, 0.1) is 22.7 Å². The van der Waals surface area contributed by atoms with Crippen molar-refractivity contribution in [1.82, 2.24) is 14.1 Å². The van der Waals surface area contributed by atoms with Crippen LogP contribution in [0.4, 0.5) is 0 Å². The highest BCUT2D eigenvalue weighted by molar-refractivity contribution is 6.16. The maximum atomic E-state index is 9.74. The van der Waals surface area contributed by atoms with Gasteiger partial charge in [-0.2, -0.15) is 10.5 Å². The van der Waals surface area contributed by atoms with Gasteiger partial charge in [-0.25, -0.2) is 9.98 Å². The Morgan fingerprint density at radius 1 is 0.604 bits per heavy atom. The molecular weight excluding hydrogens is 589 g/mol. The van der Waals surface area contributed by atoms with E-state index < -0.39 is 0 Å². The quantitative estimate of drug-likeness (QED) is 0.199. The molecule has 0 aliphatic carbocycles.